The summed E-state index contributed by atoms with van der Waals surface area (Å²) >= 11 is 0. The zero-order valence-corrected chi connectivity index (χ0v) is 7.24. The minimum absolute atomic E-state index is 0.124. The highest BCUT2D eigenvalue weighted by Crippen LogP contribution is 1.99. The number of nitrogens with one attached hydrogen (secondary N) is 2. The average Bonchev–Trinajstić information content (AvgIpc) is 2.46. The predicted octanol–water partition coefficient (Wildman–Crippen LogP) is -0.258. The van der Waals surface area contributed by atoms with E-state index in [0.29, 0.717) is 6.54 Å². The van der Waals surface area contributed by atoms with Gasteiger partial charge in [0.1, 0.15) is 0 Å². The maximum absolute atomic E-state index is 10.9. The first kappa shape index (κ1) is 8.00. The van der Waals surface area contributed by atoms with Crippen molar-refractivity contribution in [1.29, 1.82) is 0 Å². The van der Waals surface area contributed by atoms with E-state index in [0.717, 1.165) is 11.3 Å². The highest BCUT2D eigenvalue weighted by Gasteiger charge is 1.99. The second-order valence-corrected chi connectivity index (χ2v) is 2.80. The van der Waals surface area contributed by atoms with E-state index < -0.39 is 0 Å². The van der Waals surface area contributed by atoms with Crippen LogP contribution in [0.3, 0.4) is 0 Å². The van der Waals surface area contributed by atoms with E-state index in [1.165, 1.54) is 6.07 Å². The molecule has 2 rings (SSSR count). The van der Waals surface area contributed by atoms with Gasteiger partial charge in [-0.3, -0.25) is 9.89 Å². The minimum atomic E-state index is -0.124. The van der Waals surface area contributed by atoms with E-state index >= 15 is 0 Å². The first-order valence-corrected chi connectivity index (χ1v) is 4.01. The van der Waals surface area contributed by atoms with E-state index in [1.54, 1.807) is 16.8 Å². The van der Waals surface area contributed by atoms with Gasteiger partial charge in [-0.25, -0.2) is 9.50 Å². The molecular formula is C8H10N4O. The molecule has 0 amide bonds. The Kier molecular flexibility index (Phi) is 1.86. The number of nitrogens with zero attached hydrogens (tertiary/aromatic N) is 2. The second kappa shape index (κ2) is 3.02. The van der Waals surface area contributed by atoms with E-state index in [9.17, 15) is 4.79 Å². The predicted molar refractivity (Wildman–Crippen MR) is 48.6 cm³/mol. The molecule has 0 spiro atoms. The molecule has 2 aromatic heterocycles. The van der Waals surface area contributed by atoms with Crippen molar-refractivity contribution in [2.75, 3.05) is 7.05 Å². The van der Waals surface area contributed by atoms with E-state index in [-0.39, 0.29) is 5.56 Å². The van der Waals surface area contributed by atoms with E-state index in [2.05, 4.69) is 15.4 Å². The van der Waals surface area contributed by atoms with Gasteiger partial charge in [-0.15, -0.1) is 0 Å². The zero-order valence-electron chi connectivity index (χ0n) is 7.24. The van der Waals surface area contributed by atoms with Crippen molar-refractivity contribution in [2.24, 2.45) is 0 Å². The van der Waals surface area contributed by atoms with Gasteiger partial charge >= 0.3 is 0 Å². The fraction of sp³-hybridized carbons (Fsp3) is 0.250. The first-order valence-electron chi connectivity index (χ1n) is 4.01. The minimum Gasteiger partial charge on any atom is -0.314 e. The molecule has 5 nitrogen and oxygen atoms in total. The highest BCUT2D eigenvalue weighted by molar-refractivity contribution is 5.37. The molecule has 68 valence electrons. The Balaban J connectivity index is 2.55. The molecule has 5 heteroatoms. The summed E-state index contributed by atoms with van der Waals surface area (Å²) in [7, 11) is 1.85. The molecule has 0 saturated heterocycles. The Labute approximate surface area is 74.4 Å². The van der Waals surface area contributed by atoms with Crippen molar-refractivity contribution in [3.63, 3.8) is 0 Å². The Morgan fingerprint density at radius 2 is 2.46 bits per heavy atom. The van der Waals surface area contributed by atoms with Gasteiger partial charge in [-0.1, -0.05) is 0 Å². The topological polar surface area (TPSA) is 62.2 Å². The standard InChI is InChI=1S/C8H10N4O/c1-9-4-6-5-12-7(10-6)2-3-8(13)11-12/h2-3,5,9H,4H2,1H3,(H,11,13). The van der Waals surface area contributed by atoms with Crippen molar-refractivity contribution in [2.45, 2.75) is 6.54 Å². The average molecular weight is 178 g/mol. The van der Waals surface area contributed by atoms with Crippen LogP contribution in [0.5, 0.6) is 0 Å². The van der Waals surface area contributed by atoms with Gasteiger partial charge in [-0.2, -0.15) is 0 Å². The summed E-state index contributed by atoms with van der Waals surface area (Å²) in [6, 6.07) is 3.16. The van der Waals surface area contributed by atoms with Crippen molar-refractivity contribution < 1.29 is 0 Å². The molecule has 13 heavy (non-hydrogen) atoms. The highest BCUT2D eigenvalue weighted by atomic mass is 16.1. The number of aromatic nitrogens is 3. The van der Waals surface area contributed by atoms with Crippen LogP contribution >= 0.6 is 0 Å². The van der Waals surface area contributed by atoms with Crippen LogP contribution in [0.1, 0.15) is 5.69 Å². The van der Waals surface area contributed by atoms with Crippen LogP contribution in [0, 0.1) is 0 Å². The number of H-pyrrole nitrogens is 1. The number of aromatic amines is 1. The third kappa shape index (κ3) is 1.46. The normalized spacial score (nSPS) is 10.8. The molecule has 0 unspecified atom stereocenters. The van der Waals surface area contributed by atoms with Gasteiger partial charge in [0, 0.05) is 12.6 Å². The molecule has 0 aliphatic rings. The number of rotatable bonds is 2. The summed E-state index contributed by atoms with van der Waals surface area (Å²) < 4.78 is 1.62. The van der Waals surface area contributed by atoms with Crippen LogP contribution in [0.4, 0.5) is 0 Å². The number of hydrogen-bond donors (Lipinski definition) is 2. The summed E-state index contributed by atoms with van der Waals surface area (Å²) in [5.74, 6) is 0. The third-order valence-electron chi connectivity index (χ3n) is 1.76. The van der Waals surface area contributed by atoms with Crippen LogP contribution in [0.2, 0.25) is 0 Å². The monoisotopic (exact) mass is 178 g/mol. The van der Waals surface area contributed by atoms with E-state index in [1.807, 2.05) is 7.05 Å². The van der Waals surface area contributed by atoms with Gasteiger partial charge in [0.15, 0.2) is 5.65 Å². The summed E-state index contributed by atoms with van der Waals surface area (Å²) in [5.41, 5.74) is 1.54. The van der Waals surface area contributed by atoms with Gasteiger partial charge in [0.05, 0.1) is 11.9 Å². The lowest BCUT2D eigenvalue weighted by Gasteiger charge is -1.88. The molecule has 2 heterocycles. The lowest BCUT2D eigenvalue weighted by Crippen LogP contribution is -2.08. The smallest absolute Gasteiger partial charge is 0.262 e. The van der Waals surface area contributed by atoms with Crippen molar-refractivity contribution in [3.05, 3.63) is 34.4 Å². The molecule has 0 atom stereocenters. The molecule has 0 radical (unpaired) electrons. The SMILES string of the molecule is CNCc1cn2[nH]c(=O)ccc2n1. The lowest BCUT2D eigenvalue weighted by molar-refractivity contribution is 0.795. The molecule has 0 aliphatic carbocycles. The van der Waals surface area contributed by atoms with Crippen molar-refractivity contribution in [1.82, 2.24) is 19.9 Å². The van der Waals surface area contributed by atoms with Gasteiger partial charge in [0.25, 0.3) is 5.56 Å². The van der Waals surface area contributed by atoms with Crippen LogP contribution in [-0.2, 0) is 6.54 Å². The second-order valence-electron chi connectivity index (χ2n) is 2.80. The first-order chi connectivity index (χ1) is 6.29. The van der Waals surface area contributed by atoms with Crippen molar-refractivity contribution in [3.8, 4) is 0 Å². The molecule has 0 fully saturated rings. The molecule has 0 saturated carbocycles. The van der Waals surface area contributed by atoms with Gasteiger partial charge in [-0.05, 0) is 13.1 Å². The molecule has 0 bridgehead atoms. The summed E-state index contributed by atoms with van der Waals surface area (Å²) in [6.07, 6.45) is 1.80. The van der Waals surface area contributed by atoms with E-state index in [4.69, 9.17) is 0 Å². The Morgan fingerprint density at radius 1 is 1.62 bits per heavy atom. The Hall–Kier alpha value is -1.62. The largest absolute Gasteiger partial charge is 0.314 e. The van der Waals surface area contributed by atoms with Crippen LogP contribution in [-0.4, -0.2) is 21.6 Å². The summed E-state index contributed by atoms with van der Waals surface area (Å²) in [5, 5.41) is 5.63. The van der Waals surface area contributed by atoms with Crippen LogP contribution < -0.4 is 10.9 Å². The van der Waals surface area contributed by atoms with Crippen LogP contribution in [0.25, 0.3) is 5.65 Å². The van der Waals surface area contributed by atoms with Gasteiger partial charge < -0.3 is 5.32 Å². The Bertz CT molecular complexity index is 470. The maximum Gasteiger partial charge on any atom is 0.262 e. The number of imidazole rings is 1. The fourth-order valence-electron chi connectivity index (χ4n) is 1.22. The van der Waals surface area contributed by atoms with Crippen molar-refractivity contribution >= 4 is 5.65 Å². The third-order valence-corrected chi connectivity index (χ3v) is 1.76. The fourth-order valence-corrected chi connectivity index (χ4v) is 1.22. The quantitative estimate of drug-likeness (QED) is 0.666. The molecule has 0 aliphatic heterocycles. The lowest BCUT2D eigenvalue weighted by atomic mass is 10.5. The molecule has 0 aromatic carbocycles. The molecule has 2 aromatic rings. The summed E-state index contributed by atoms with van der Waals surface area (Å²) in [6.45, 7) is 0.698. The summed E-state index contributed by atoms with van der Waals surface area (Å²) in [4.78, 5) is 15.2. The maximum atomic E-state index is 10.9. The number of fused-ring (bicyclic) bond motifs is 1. The van der Waals surface area contributed by atoms with Gasteiger partial charge in [0.2, 0.25) is 0 Å². The number of hydrogen-bond acceptors (Lipinski definition) is 3. The molecule has 2 N–H and O–H groups in total. The zero-order chi connectivity index (χ0) is 9.26. The molecular weight excluding hydrogens is 168 g/mol. The Morgan fingerprint density at radius 3 is 3.23 bits per heavy atom. The van der Waals surface area contributed by atoms with Crippen LogP contribution in [0.15, 0.2) is 23.1 Å².